The second-order valence-corrected chi connectivity index (χ2v) is 7.87. The number of guanidine groups is 1. The highest BCUT2D eigenvalue weighted by molar-refractivity contribution is 5.80. The molecule has 1 aliphatic heterocycles. The molecule has 0 radical (unpaired) electrons. The Bertz CT molecular complexity index is 1030. The maximum atomic E-state index is 6.12. The highest BCUT2D eigenvalue weighted by atomic mass is 16.5. The Balaban J connectivity index is 1.50. The molecule has 1 unspecified atom stereocenters. The van der Waals surface area contributed by atoms with Crippen molar-refractivity contribution in [1.29, 1.82) is 0 Å². The first kappa shape index (κ1) is 21.1. The van der Waals surface area contributed by atoms with Gasteiger partial charge >= 0.3 is 0 Å². The molecule has 31 heavy (non-hydrogen) atoms. The van der Waals surface area contributed by atoms with Crippen LogP contribution in [0.15, 0.2) is 53.8 Å². The number of aryl methyl sites for hydroxylation is 2. The van der Waals surface area contributed by atoms with Gasteiger partial charge in [0.2, 0.25) is 0 Å². The molecule has 1 atom stereocenters. The fourth-order valence-electron chi connectivity index (χ4n) is 3.97. The monoisotopic (exact) mass is 418 g/mol. The second-order valence-electron chi connectivity index (χ2n) is 7.87. The van der Waals surface area contributed by atoms with E-state index in [0.717, 1.165) is 42.5 Å². The highest BCUT2D eigenvalue weighted by Crippen LogP contribution is 2.26. The first-order valence-corrected chi connectivity index (χ1v) is 10.8. The van der Waals surface area contributed by atoms with E-state index >= 15 is 0 Å². The summed E-state index contributed by atoms with van der Waals surface area (Å²) in [4.78, 5) is 11.5. The molecule has 1 fully saturated rings. The number of aromatic amines is 1. The van der Waals surface area contributed by atoms with Crippen LogP contribution in [0.3, 0.4) is 0 Å². The SMILES string of the molecule is CCNC(=NCc1cccc(-c2ncn[nH]2)c1)N1CCOC(c2ccc(C)cc2C)C1. The Morgan fingerprint density at radius 1 is 1.26 bits per heavy atom. The van der Waals surface area contributed by atoms with E-state index in [1.54, 1.807) is 0 Å². The third kappa shape index (κ3) is 5.11. The zero-order valence-corrected chi connectivity index (χ0v) is 18.4. The van der Waals surface area contributed by atoms with Crippen LogP contribution in [0.5, 0.6) is 0 Å². The molecule has 0 amide bonds. The Morgan fingerprint density at radius 3 is 2.94 bits per heavy atom. The Morgan fingerprint density at radius 2 is 2.16 bits per heavy atom. The van der Waals surface area contributed by atoms with Crippen LogP contribution in [0.2, 0.25) is 0 Å². The fourth-order valence-corrected chi connectivity index (χ4v) is 3.97. The predicted octanol–water partition coefficient (Wildman–Crippen LogP) is 3.63. The third-order valence-electron chi connectivity index (χ3n) is 5.50. The normalized spacial score (nSPS) is 17.1. The van der Waals surface area contributed by atoms with Crippen LogP contribution in [0.1, 0.15) is 35.3 Å². The average Bonchev–Trinajstić information content (AvgIpc) is 3.32. The van der Waals surface area contributed by atoms with Crippen LogP contribution < -0.4 is 5.32 Å². The van der Waals surface area contributed by atoms with Crippen LogP contribution in [0.4, 0.5) is 0 Å². The topological polar surface area (TPSA) is 78.4 Å². The largest absolute Gasteiger partial charge is 0.370 e. The molecular formula is C24H30N6O. The number of nitrogens with zero attached hydrogens (tertiary/aromatic N) is 4. The summed E-state index contributed by atoms with van der Waals surface area (Å²) in [6, 6.07) is 14.8. The van der Waals surface area contributed by atoms with Crippen molar-refractivity contribution < 1.29 is 4.74 Å². The molecule has 0 saturated carbocycles. The molecule has 7 nitrogen and oxygen atoms in total. The van der Waals surface area contributed by atoms with Gasteiger partial charge in [0.15, 0.2) is 11.8 Å². The van der Waals surface area contributed by atoms with Gasteiger partial charge in [0.25, 0.3) is 0 Å². The van der Waals surface area contributed by atoms with Crippen LogP contribution in [0, 0.1) is 13.8 Å². The van der Waals surface area contributed by atoms with Gasteiger partial charge in [-0.2, -0.15) is 5.10 Å². The van der Waals surface area contributed by atoms with E-state index in [1.165, 1.54) is 23.0 Å². The number of hydrogen-bond acceptors (Lipinski definition) is 4. The standard InChI is InChI=1S/C24H30N6O/c1-4-25-24(26-14-19-6-5-7-20(13-19)23-27-16-28-29-23)30-10-11-31-22(15-30)21-9-8-17(2)12-18(21)3/h5-9,12-13,16,22H,4,10-11,14-15H2,1-3H3,(H,25,26)(H,27,28,29). The van der Waals surface area contributed by atoms with E-state index in [2.05, 4.69) is 76.5 Å². The number of aliphatic imine (C=N–C) groups is 1. The number of H-pyrrole nitrogens is 1. The van der Waals surface area contributed by atoms with Gasteiger partial charge in [0.1, 0.15) is 12.4 Å². The number of ether oxygens (including phenoxy) is 1. The summed E-state index contributed by atoms with van der Waals surface area (Å²) in [7, 11) is 0. The lowest BCUT2D eigenvalue weighted by molar-refractivity contribution is -0.00834. The van der Waals surface area contributed by atoms with Crippen molar-refractivity contribution in [3.05, 3.63) is 71.0 Å². The highest BCUT2D eigenvalue weighted by Gasteiger charge is 2.25. The maximum Gasteiger partial charge on any atom is 0.194 e. The zero-order chi connectivity index (χ0) is 21.6. The number of morpholine rings is 1. The quantitative estimate of drug-likeness (QED) is 0.489. The van der Waals surface area contributed by atoms with Gasteiger partial charge in [-0.05, 0) is 43.5 Å². The first-order valence-electron chi connectivity index (χ1n) is 10.8. The summed E-state index contributed by atoms with van der Waals surface area (Å²) in [5.74, 6) is 1.69. The van der Waals surface area contributed by atoms with Crippen LogP contribution in [-0.4, -0.2) is 52.3 Å². The first-order chi connectivity index (χ1) is 15.1. The van der Waals surface area contributed by atoms with Gasteiger partial charge in [0.05, 0.1) is 19.7 Å². The lowest BCUT2D eigenvalue weighted by Gasteiger charge is -2.36. The summed E-state index contributed by atoms with van der Waals surface area (Å²) in [6.07, 6.45) is 1.57. The minimum absolute atomic E-state index is 0.0491. The molecule has 162 valence electrons. The molecule has 2 N–H and O–H groups in total. The molecule has 2 aromatic carbocycles. The molecule has 0 bridgehead atoms. The Kier molecular flexibility index (Phi) is 6.62. The Hall–Kier alpha value is -3.19. The minimum atomic E-state index is 0.0491. The number of benzene rings is 2. The van der Waals surface area contributed by atoms with Crippen molar-refractivity contribution in [2.24, 2.45) is 4.99 Å². The maximum absolute atomic E-state index is 6.12. The summed E-state index contributed by atoms with van der Waals surface area (Å²) in [5, 5.41) is 10.3. The minimum Gasteiger partial charge on any atom is -0.370 e. The summed E-state index contributed by atoms with van der Waals surface area (Å²) in [6.45, 7) is 10.1. The average molecular weight is 419 g/mol. The molecule has 1 aromatic heterocycles. The van der Waals surface area contributed by atoms with Crippen LogP contribution in [0.25, 0.3) is 11.4 Å². The summed E-state index contributed by atoms with van der Waals surface area (Å²) in [5.41, 5.74) is 5.94. The van der Waals surface area contributed by atoms with Crippen molar-refractivity contribution in [3.8, 4) is 11.4 Å². The lowest BCUT2D eigenvalue weighted by Crippen LogP contribution is -2.48. The van der Waals surface area contributed by atoms with Gasteiger partial charge in [-0.1, -0.05) is 42.0 Å². The van der Waals surface area contributed by atoms with Crippen molar-refractivity contribution in [1.82, 2.24) is 25.4 Å². The van der Waals surface area contributed by atoms with Crippen molar-refractivity contribution in [3.63, 3.8) is 0 Å². The lowest BCUT2D eigenvalue weighted by atomic mass is 10.00. The molecule has 3 aromatic rings. The van der Waals surface area contributed by atoms with Crippen LogP contribution in [-0.2, 0) is 11.3 Å². The molecule has 1 saturated heterocycles. The number of rotatable bonds is 5. The summed E-state index contributed by atoms with van der Waals surface area (Å²) < 4.78 is 6.12. The van der Waals surface area contributed by atoms with Gasteiger partial charge in [0, 0.05) is 18.7 Å². The smallest absolute Gasteiger partial charge is 0.194 e. The second kappa shape index (κ2) is 9.75. The molecule has 4 rings (SSSR count). The van der Waals surface area contributed by atoms with Crippen molar-refractivity contribution in [2.45, 2.75) is 33.4 Å². The third-order valence-corrected chi connectivity index (χ3v) is 5.50. The summed E-state index contributed by atoms with van der Waals surface area (Å²) >= 11 is 0. The van der Waals surface area contributed by atoms with Gasteiger partial charge in [-0.25, -0.2) is 9.98 Å². The number of nitrogens with one attached hydrogen (secondary N) is 2. The molecule has 7 heteroatoms. The van der Waals surface area contributed by atoms with E-state index < -0.39 is 0 Å². The van der Waals surface area contributed by atoms with E-state index in [4.69, 9.17) is 9.73 Å². The van der Waals surface area contributed by atoms with Gasteiger partial charge < -0.3 is 15.0 Å². The predicted molar refractivity (Wildman–Crippen MR) is 123 cm³/mol. The van der Waals surface area contributed by atoms with E-state index in [0.29, 0.717) is 13.2 Å². The molecular weight excluding hydrogens is 388 g/mol. The Labute approximate surface area is 183 Å². The van der Waals surface area contributed by atoms with Gasteiger partial charge in [-0.3, -0.25) is 5.10 Å². The van der Waals surface area contributed by atoms with Crippen molar-refractivity contribution >= 4 is 5.96 Å². The zero-order valence-electron chi connectivity index (χ0n) is 18.4. The van der Waals surface area contributed by atoms with E-state index in [9.17, 15) is 0 Å². The van der Waals surface area contributed by atoms with E-state index in [-0.39, 0.29) is 6.10 Å². The molecule has 0 spiro atoms. The fraction of sp³-hybridized carbons (Fsp3) is 0.375. The molecule has 1 aliphatic rings. The van der Waals surface area contributed by atoms with Crippen molar-refractivity contribution in [2.75, 3.05) is 26.2 Å². The van der Waals surface area contributed by atoms with Gasteiger partial charge in [-0.15, -0.1) is 0 Å². The number of hydrogen-bond donors (Lipinski definition) is 2. The molecule has 2 heterocycles. The molecule has 0 aliphatic carbocycles. The number of aromatic nitrogens is 3. The van der Waals surface area contributed by atoms with Crippen LogP contribution >= 0.6 is 0 Å². The van der Waals surface area contributed by atoms with E-state index in [1.807, 2.05) is 12.1 Å².